The molecule has 20 heavy (non-hydrogen) atoms. The molecular formula is C17H28N2O. The summed E-state index contributed by atoms with van der Waals surface area (Å²) in [4.78, 5) is 2.47. The van der Waals surface area contributed by atoms with E-state index in [-0.39, 0.29) is 11.6 Å². The van der Waals surface area contributed by atoms with Crippen molar-refractivity contribution < 1.29 is 4.74 Å². The fraction of sp³-hybridized carbons (Fsp3) is 0.647. The smallest absolute Gasteiger partial charge is 0.0815 e. The number of nitrogens with two attached hydrogens (primary N) is 1. The zero-order chi connectivity index (χ0) is 14.6. The van der Waals surface area contributed by atoms with Crippen molar-refractivity contribution in [1.29, 1.82) is 0 Å². The van der Waals surface area contributed by atoms with Crippen LogP contribution in [-0.4, -0.2) is 31.8 Å². The lowest BCUT2D eigenvalue weighted by Gasteiger charge is -2.51. The second kappa shape index (κ2) is 6.59. The number of benzene rings is 1. The molecule has 0 amide bonds. The van der Waals surface area contributed by atoms with Crippen LogP contribution in [0.1, 0.15) is 38.2 Å². The van der Waals surface area contributed by atoms with E-state index in [4.69, 9.17) is 10.5 Å². The van der Waals surface area contributed by atoms with Gasteiger partial charge in [0, 0.05) is 25.9 Å². The van der Waals surface area contributed by atoms with Gasteiger partial charge in [0.15, 0.2) is 0 Å². The summed E-state index contributed by atoms with van der Waals surface area (Å²) < 4.78 is 5.81. The van der Waals surface area contributed by atoms with E-state index in [1.807, 2.05) is 7.11 Å². The molecule has 2 unspecified atom stereocenters. The van der Waals surface area contributed by atoms with E-state index in [0.717, 1.165) is 19.4 Å². The summed E-state index contributed by atoms with van der Waals surface area (Å²) in [6.45, 7) is 5.95. The maximum atomic E-state index is 6.23. The van der Waals surface area contributed by atoms with Crippen molar-refractivity contribution in [2.24, 2.45) is 5.73 Å². The Morgan fingerprint density at radius 2 is 2.20 bits per heavy atom. The van der Waals surface area contributed by atoms with Crippen LogP contribution in [0.4, 0.5) is 5.69 Å². The van der Waals surface area contributed by atoms with Crippen LogP contribution in [0.15, 0.2) is 24.3 Å². The lowest BCUT2D eigenvalue weighted by Crippen LogP contribution is -2.63. The molecule has 0 aliphatic heterocycles. The third-order valence-corrected chi connectivity index (χ3v) is 4.73. The second-order valence-corrected chi connectivity index (χ2v) is 5.86. The number of nitrogens with zero attached hydrogens (tertiary/aromatic N) is 1. The number of ether oxygens (including phenoxy) is 1. The summed E-state index contributed by atoms with van der Waals surface area (Å²) >= 11 is 0. The molecule has 2 N–H and O–H groups in total. The molecule has 2 rings (SSSR count). The maximum absolute atomic E-state index is 6.23. The van der Waals surface area contributed by atoms with Crippen LogP contribution in [-0.2, 0) is 4.74 Å². The molecule has 0 radical (unpaired) electrons. The molecule has 1 aromatic carbocycles. The van der Waals surface area contributed by atoms with Gasteiger partial charge in [0.05, 0.1) is 11.6 Å². The summed E-state index contributed by atoms with van der Waals surface area (Å²) in [7, 11) is 1.82. The van der Waals surface area contributed by atoms with E-state index in [0.29, 0.717) is 6.54 Å². The highest BCUT2D eigenvalue weighted by molar-refractivity contribution is 5.51. The van der Waals surface area contributed by atoms with Gasteiger partial charge in [-0.1, -0.05) is 25.0 Å². The lowest BCUT2D eigenvalue weighted by atomic mass is 9.77. The third kappa shape index (κ3) is 2.70. The average Bonchev–Trinajstić information content (AvgIpc) is 2.48. The summed E-state index contributed by atoms with van der Waals surface area (Å²) in [5.41, 5.74) is 8.73. The molecule has 1 aliphatic carbocycles. The van der Waals surface area contributed by atoms with Crippen LogP contribution in [0.25, 0.3) is 0 Å². The third-order valence-electron chi connectivity index (χ3n) is 4.73. The Morgan fingerprint density at radius 3 is 2.80 bits per heavy atom. The average molecular weight is 276 g/mol. The molecule has 112 valence electrons. The molecule has 0 spiro atoms. The first-order chi connectivity index (χ1) is 9.67. The molecule has 1 fully saturated rings. The van der Waals surface area contributed by atoms with Crippen LogP contribution >= 0.6 is 0 Å². The SMILES string of the molecule is CCN(c1cccc(C)c1)C1(CN)CCCCC1OC. The quantitative estimate of drug-likeness (QED) is 0.898. The molecule has 0 saturated heterocycles. The van der Waals surface area contributed by atoms with Crippen LogP contribution in [0, 0.1) is 6.92 Å². The summed E-state index contributed by atoms with van der Waals surface area (Å²) in [5, 5.41) is 0. The molecule has 1 saturated carbocycles. The number of likely N-dealkylation sites (N-methyl/N-ethyl adjacent to an activating group) is 1. The summed E-state index contributed by atoms with van der Waals surface area (Å²) in [6.07, 6.45) is 4.92. The number of hydrogen-bond donors (Lipinski definition) is 1. The molecule has 3 nitrogen and oxygen atoms in total. The van der Waals surface area contributed by atoms with Gasteiger partial charge in [-0.2, -0.15) is 0 Å². The highest BCUT2D eigenvalue weighted by Gasteiger charge is 2.44. The fourth-order valence-electron chi connectivity index (χ4n) is 3.73. The maximum Gasteiger partial charge on any atom is 0.0815 e. The number of hydrogen-bond acceptors (Lipinski definition) is 3. The minimum Gasteiger partial charge on any atom is -0.379 e. The van der Waals surface area contributed by atoms with Crippen LogP contribution in [0.2, 0.25) is 0 Å². The van der Waals surface area contributed by atoms with Gasteiger partial charge in [-0.05, 0) is 44.4 Å². The van der Waals surface area contributed by atoms with Gasteiger partial charge >= 0.3 is 0 Å². The van der Waals surface area contributed by atoms with Crippen LogP contribution in [0.3, 0.4) is 0 Å². The highest BCUT2D eigenvalue weighted by atomic mass is 16.5. The van der Waals surface area contributed by atoms with Crippen molar-refractivity contribution in [2.45, 2.75) is 51.2 Å². The minimum absolute atomic E-state index is 0.0600. The number of methoxy groups -OCH3 is 1. The predicted octanol–water partition coefficient (Wildman–Crippen LogP) is 3.11. The van der Waals surface area contributed by atoms with Gasteiger partial charge in [0.2, 0.25) is 0 Å². The predicted molar refractivity (Wildman–Crippen MR) is 85.2 cm³/mol. The van der Waals surface area contributed by atoms with Gasteiger partial charge in [-0.3, -0.25) is 0 Å². The Bertz CT molecular complexity index is 435. The molecule has 1 aromatic rings. The largest absolute Gasteiger partial charge is 0.379 e. The first kappa shape index (κ1) is 15.3. The monoisotopic (exact) mass is 276 g/mol. The standard InChI is InChI=1S/C17H28N2O/c1-4-19(15-9-7-8-14(2)12-15)17(13-18)11-6-5-10-16(17)20-3/h7-9,12,16H,4-6,10-11,13,18H2,1-3H3. The van der Waals surface area contributed by atoms with Crippen molar-refractivity contribution in [3.8, 4) is 0 Å². The topological polar surface area (TPSA) is 38.5 Å². The van der Waals surface area contributed by atoms with E-state index in [1.54, 1.807) is 0 Å². The molecular weight excluding hydrogens is 248 g/mol. The fourth-order valence-corrected chi connectivity index (χ4v) is 3.73. The number of rotatable bonds is 5. The Labute approximate surface area is 123 Å². The summed E-state index contributed by atoms with van der Waals surface area (Å²) in [5.74, 6) is 0. The van der Waals surface area contributed by atoms with Crippen LogP contribution < -0.4 is 10.6 Å². The molecule has 1 aliphatic rings. The van der Waals surface area contributed by atoms with E-state index in [1.165, 1.54) is 24.1 Å². The van der Waals surface area contributed by atoms with Crippen molar-refractivity contribution in [3.05, 3.63) is 29.8 Å². The molecule has 0 aromatic heterocycles. The van der Waals surface area contributed by atoms with Crippen molar-refractivity contribution >= 4 is 5.69 Å². The zero-order valence-corrected chi connectivity index (χ0v) is 13.1. The Kier molecular flexibility index (Phi) is 5.06. The van der Waals surface area contributed by atoms with E-state index < -0.39 is 0 Å². The van der Waals surface area contributed by atoms with Gasteiger partial charge in [-0.15, -0.1) is 0 Å². The first-order valence-corrected chi connectivity index (χ1v) is 7.75. The Balaban J connectivity index is 2.40. The van der Waals surface area contributed by atoms with Crippen LogP contribution in [0.5, 0.6) is 0 Å². The number of anilines is 1. The lowest BCUT2D eigenvalue weighted by molar-refractivity contribution is 0.00595. The van der Waals surface area contributed by atoms with Gasteiger partial charge < -0.3 is 15.4 Å². The van der Waals surface area contributed by atoms with E-state index in [2.05, 4.69) is 43.0 Å². The molecule has 3 heteroatoms. The summed E-state index contributed by atoms with van der Waals surface area (Å²) in [6, 6.07) is 8.71. The second-order valence-electron chi connectivity index (χ2n) is 5.86. The Hall–Kier alpha value is -1.06. The Morgan fingerprint density at radius 1 is 1.40 bits per heavy atom. The normalized spacial score (nSPS) is 26.5. The first-order valence-electron chi connectivity index (χ1n) is 7.75. The minimum atomic E-state index is -0.0600. The van der Waals surface area contributed by atoms with Gasteiger partial charge in [0.25, 0.3) is 0 Å². The van der Waals surface area contributed by atoms with E-state index in [9.17, 15) is 0 Å². The van der Waals surface area contributed by atoms with Gasteiger partial charge in [-0.25, -0.2) is 0 Å². The molecule has 0 bridgehead atoms. The van der Waals surface area contributed by atoms with Crippen molar-refractivity contribution in [3.63, 3.8) is 0 Å². The molecule has 0 heterocycles. The molecule has 2 atom stereocenters. The van der Waals surface area contributed by atoms with E-state index >= 15 is 0 Å². The van der Waals surface area contributed by atoms with Crippen molar-refractivity contribution in [2.75, 3.05) is 25.1 Å². The number of aryl methyl sites for hydroxylation is 1. The van der Waals surface area contributed by atoms with Crippen molar-refractivity contribution in [1.82, 2.24) is 0 Å². The highest BCUT2D eigenvalue weighted by Crippen LogP contribution is 2.38. The zero-order valence-electron chi connectivity index (χ0n) is 13.1. The van der Waals surface area contributed by atoms with Gasteiger partial charge in [0.1, 0.15) is 0 Å².